The van der Waals surface area contributed by atoms with Crippen LogP contribution in [-0.2, 0) is 11.8 Å². The van der Waals surface area contributed by atoms with Crippen LogP contribution in [0.2, 0.25) is 5.02 Å². The van der Waals surface area contributed by atoms with Gasteiger partial charge in [-0.05, 0) is 36.4 Å². The van der Waals surface area contributed by atoms with Gasteiger partial charge in [-0.15, -0.1) is 10.2 Å². The van der Waals surface area contributed by atoms with Crippen molar-refractivity contribution in [3.8, 4) is 5.75 Å². The van der Waals surface area contributed by atoms with Crippen molar-refractivity contribution in [1.82, 2.24) is 24.1 Å². The number of rotatable bonds is 7. The summed E-state index contributed by atoms with van der Waals surface area (Å²) in [7, 11) is 3.39. The number of nitrogens with zero attached hydrogens (tertiary/aromatic N) is 5. The summed E-state index contributed by atoms with van der Waals surface area (Å²) in [6.45, 7) is 0.815. The van der Waals surface area contributed by atoms with E-state index in [9.17, 15) is 9.59 Å². The first kappa shape index (κ1) is 21.2. The van der Waals surface area contributed by atoms with Crippen LogP contribution in [0.5, 0.6) is 5.75 Å². The molecule has 0 spiro atoms. The number of thioether (sulfide) groups is 1. The first-order valence-corrected chi connectivity index (χ1v) is 10.9. The Hall–Kier alpha value is -3.04. The van der Waals surface area contributed by atoms with Gasteiger partial charge >= 0.3 is 0 Å². The number of fused-ring (bicyclic) bond motifs is 3. The molecule has 4 rings (SSSR count). The molecule has 31 heavy (non-hydrogen) atoms. The van der Waals surface area contributed by atoms with Gasteiger partial charge in [-0.3, -0.25) is 18.6 Å². The maximum absolute atomic E-state index is 12.6. The van der Waals surface area contributed by atoms with Crippen LogP contribution in [0.1, 0.15) is 0 Å². The van der Waals surface area contributed by atoms with Gasteiger partial charge in [0.15, 0.2) is 5.16 Å². The Morgan fingerprint density at radius 3 is 2.68 bits per heavy atom. The molecular weight excluding hydrogens is 438 g/mol. The van der Waals surface area contributed by atoms with E-state index in [0.29, 0.717) is 45.8 Å². The third kappa shape index (κ3) is 4.38. The minimum atomic E-state index is -0.136. The van der Waals surface area contributed by atoms with Crippen LogP contribution < -0.4 is 10.3 Å². The first-order chi connectivity index (χ1) is 15.0. The van der Waals surface area contributed by atoms with Gasteiger partial charge in [0, 0.05) is 19.1 Å². The standard InChI is InChI=1S/C21H20ClN5O3S/c1-25(11-12-30-15-9-7-14(22)8-10-15)18(28)13-31-21-24-23-20-26(2)19(29)16-5-3-4-6-17(16)27(20)21/h3-10H,11-13H2,1-2H3. The Bertz CT molecular complexity index is 1300. The van der Waals surface area contributed by atoms with Gasteiger partial charge in [0.05, 0.1) is 23.2 Å². The lowest BCUT2D eigenvalue weighted by atomic mass is 10.2. The van der Waals surface area contributed by atoms with Gasteiger partial charge in [0.2, 0.25) is 11.7 Å². The number of para-hydroxylation sites is 1. The molecule has 2 heterocycles. The number of carbonyl (C=O) groups is 1. The van der Waals surface area contributed by atoms with E-state index in [1.54, 1.807) is 53.7 Å². The molecule has 8 nitrogen and oxygen atoms in total. The Kier molecular flexibility index (Phi) is 6.15. The lowest BCUT2D eigenvalue weighted by Crippen LogP contribution is -2.32. The fourth-order valence-electron chi connectivity index (χ4n) is 3.10. The second kappa shape index (κ2) is 8.99. The van der Waals surface area contributed by atoms with Crippen LogP contribution in [0.4, 0.5) is 0 Å². The minimum absolute atomic E-state index is 0.0596. The molecule has 0 aliphatic heterocycles. The third-order valence-corrected chi connectivity index (χ3v) is 6.02. The predicted molar refractivity (Wildman–Crippen MR) is 121 cm³/mol. The number of halogens is 1. The average molecular weight is 458 g/mol. The molecule has 0 saturated heterocycles. The van der Waals surface area contributed by atoms with Crippen molar-refractivity contribution in [3.05, 3.63) is 63.9 Å². The van der Waals surface area contributed by atoms with E-state index in [-0.39, 0.29) is 17.2 Å². The highest BCUT2D eigenvalue weighted by Crippen LogP contribution is 2.21. The lowest BCUT2D eigenvalue weighted by molar-refractivity contribution is -0.127. The average Bonchev–Trinajstić information content (AvgIpc) is 3.21. The Balaban J connectivity index is 1.42. The van der Waals surface area contributed by atoms with Gasteiger partial charge in [0.1, 0.15) is 12.4 Å². The Morgan fingerprint density at radius 1 is 1.16 bits per heavy atom. The van der Waals surface area contributed by atoms with E-state index in [1.807, 2.05) is 18.2 Å². The summed E-state index contributed by atoms with van der Waals surface area (Å²) >= 11 is 7.14. The molecule has 0 N–H and O–H groups in total. The largest absolute Gasteiger partial charge is 0.492 e. The summed E-state index contributed by atoms with van der Waals surface area (Å²) in [5.74, 6) is 1.26. The van der Waals surface area contributed by atoms with Crippen LogP contribution in [-0.4, -0.2) is 55.9 Å². The number of likely N-dealkylation sites (N-methyl/N-ethyl adjacent to an activating group) is 1. The summed E-state index contributed by atoms with van der Waals surface area (Å²) in [6, 6.07) is 14.4. The first-order valence-electron chi connectivity index (χ1n) is 9.53. The molecule has 0 saturated carbocycles. The molecule has 0 radical (unpaired) electrons. The second-order valence-corrected chi connectivity index (χ2v) is 8.28. The molecule has 10 heteroatoms. The van der Waals surface area contributed by atoms with Gasteiger partial charge in [-0.1, -0.05) is 35.5 Å². The zero-order valence-electron chi connectivity index (χ0n) is 17.0. The number of carbonyl (C=O) groups excluding carboxylic acids is 1. The molecule has 0 bridgehead atoms. The minimum Gasteiger partial charge on any atom is -0.492 e. The Labute approximate surface area is 187 Å². The van der Waals surface area contributed by atoms with E-state index in [1.165, 1.54) is 16.3 Å². The smallest absolute Gasteiger partial charge is 0.262 e. The molecule has 0 fully saturated rings. The van der Waals surface area contributed by atoms with E-state index in [0.717, 1.165) is 0 Å². The number of aromatic nitrogens is 4. The Morgan fingerprint density at radius 2 is 1.90 bits per heavy atom. The molecule has 0 atom stereocenters. The molecule has 0 aliphatic carbocycles. The molecule has 0 aliphatic rings. The predicted octanol–water partition coefficient (Wildman–Crippen LogP) is 2.86. The van der Waals surface area contributed by atoms with Crippen LogP contribution in [0.25, 0.3) is 16.7 Å². The van der Waals surface area contributed by atoms with Crippen LogP contribution >= 0.6 is 23.4 Å². The number of benzene rings is 2. The quantitative estimate of drug-likeness (QED) is 0.397. The third-order valence-electron chi connectivity index (χ3n) is 4.86. The lowest BCUT2D eigenvalue weighted by Gasteiger charge is -2.17. The summed E-state index contributed by atoms with van der Waals surface area (Å²) in [6.07, 6.45) is 0. The van der Waals surface area contributed by atoms with Crippen molar-refractivity contribution in [2.45, 2.75) is 5.16 Å². The van der Waals surface area contributed by atoms with E-state index < -0.39 is 0 Å². The van der Waals surface area contributed by atoms with Crippen LogP contribution in [0.3, 0.4) is 0 Å². The molecular formula is C21H20ClN5O3S. The van der Waals surface area contributed by atoms with E-state index >= 15 is 0 Å². The number of hydrogen-bond donors (Lipinski definition) is 0. The van der Waals surface area contributed by atoms with Gasteiger partial charge in [-0.2, -0.15) is 0 Å². The molecule has 2 aromatic heterocycles. The van der Waals surface area contributed by atoms with Gasteiger partial charge < -0.3 is 9.64 Å². The highest BCUT2D eigenvalue weighted by Gasteiger charge is 2.17. The topological polar surface area (TPSA) is 81.7 Å². The van der Waals surface area contributed by atoms with Crippen LogP contribution in [0.15, 0.2) is 58.5 Å². The van der Waals surface area contributed by atoms with Crippen LogP contribution in [0, 0.1) is 0 Å². The molecule has 160 valence electrons. The molecule has 1 amide bonds. The molecule has 4 aromatic rings. The highest BCUT2D eigenvalue weighted by molar-refractivity contribution is 7.99. The summed E-state index contributed by atoms with van der Waals surface area (Å²) in [5.41, 5.74) is 0.578. The monoisotopic (exact) mass is 457 g/mol. The maximum Gasteiger partial charge on any atom is 0.262 e. The molecule has 0 unspecified atom stereocenters. The van der Waals surface area contributed by atoms with Crippen molar-refractivity contribution in [2.75, 3.05) is 26.0 Å². The second-order valence-electron chi connectivity index (χ2n) is 6.91. The van der Waals surface area contributed by atoms with Gasteiger partial charge in [0.25, 0.3) is 5.56 Å². The maximum atomic E-state index is 12.6. The van der Waals surface area contributed by atoms with E-state index in [2.05, 4.69) is 10.2 Å². The van der Waals surface area contributed by atoms with Crippen molar-refractivity contribution in [2.24, 2.45) is 7.05 Å². The summed E-state index contributed by atoms with van der Waals surface area (Å²) < 4.78 is 8.91. The fraction of sp³-hybridized carbons (Fsp3) is 0.238. The summed E-state index contributed by atoms with van der Waals surface area (Å²) in [4.78, 5) is 26.7. The van der Waals surface area contributed by atoms with Crippen molar-refractivity contribution in [3.63, 3.8) is 0 Å². The van der Waals surface area contributed by atoms with E-state index in [4.69, 9.17) is 16.3 Å². The van der Waals surface area contributed by atoms with Crippen molar-refractivity contribution < 1.29 is 9.53 Å². The van der Waals surface area contributed by atoms with Crippen molar-refractivity contribution in [1.29, 1.82) is 0 Å². The van der Waals surface area contributed by atoms with Crippen molar-refractivity contribution >= 4 is 46.0 Å². The number of aryl methyl sites for hydroxylation is 1. The normalized spacial score (nSPS) is 11.2. The summed E-state index contributed by atoms with van der Waals surface area (Å²) in [5, 5.41) is 10.1. The zero-order valence-corrected chi connectivity index (χ0v) is 18.6. The zero-order chi connectivity index (χ0) is 22.0. The molecule has 2 aromatic carbocycles. The number of hydrogen-bond acceptors (Lipinski definition) is 6. The fourth-order valence-corrected chi connectivity index (χ4v) is 4.10. The number of ether oxygens (including phenoxy) is 1. The number of amides is 1. The highest BCUT2D eigenvalue weighted by atomic mass is 35.5. The SMILES string of the molecule is CN(CCOc1ccc(Cl)cc1)C(=O)CSc1nnc2n(C)c(=O)c3ccccc3n12. The van der Waals surface area contributed by atoms with Gasteiger partial charge in [-0.25, -0.2) is 0 Å².